The second kappa shape index (κ2) is 6.31. The molecule has 1 aromatic carbocycles. The summed E-state index contributed by atoms with van der Waals surface area (Å²) in [7, 11) is -3.48. The van der Waals surface area contributed by atoms with Crippen LogP contribution in [0.15, 0.2) is 30.3 Å². The van der Waals surface area contributed by atoms with Gasteiger partial charge in [-0.3, -0.25) is 4.79 Å². The lowest BCUT2D eigenvalue weighted by atomic mass is 10.1. The van der Waals surface area contributed by atoms with Gasteiger partial charge in [-0.15, -0.1) is 0 Å². The highest BCUT2D eigenvalue weighted by molar-refractivity contribution is 7.92. The zero-order valence-electron chi connectivity index (χ0n) is 10.2. The SMILES string of the molecule is CC(C(=O)c1ccccc1)S(=O)(=O)CCCC#N. The van der Waals surface area contributed by atoms with Gasteiger partial charge in [-0.05, 0) is 13.3 Å². The highest BCUT2D eigenvalue weighted by Gasteiger charge is 2.27. The second-order valence-corrected chi connectivity index (χ2v) is 6.44. The smallest absolute Gasteiger partial charge is 0.180 e. The number of carbonyl (C=O) groups is 1. The van der Waals surface area contributed by atoms with Crippen molar-refractivity contribution in [2.24, 2.45) is 0 Å². The van der Waals surface area contributed by atoms with Crippen LogP contribution in [0.25, 0.3) is 0 Å². The van der Waals surface area contributed by atoms with E-state index in [-0.39, 0.29) is 18.6 Å². The van der Waals surface area contributed by atoms with Crippen molar-refractivity contribution >= 4 is 15.6 Å². The van der Waals surface area contributed by atoms with Gasteiger partial charge in [-0.1, -0.05) is 30.3 Å². The Labute approximate surface area is 107 Å². The predicted octanol–water partition coefficient (Wildman–Crippen LogP) is 1.98. The first-order valence-electron chi connectivity index (χ1n) is 5.67. The van der Waals surface area contributed by atoms with E-state index >= 15 is 0 Å². The summed E-state index contributed by atoms with van der Waals surface area (Å²) >= 11 is 0. The number of unbranched alkanes of at least 4 members (excludes halogenated alkanes) is 1. The first-order chi connectivity index (χ1) is 8.49. The standard InChI is InChI=1S/C13H15NO3S/c1-11(18(16,17)10-6-5-9-14)13(15)12-7-3-2-4-8-12/h2-4,7-8,11H,5-6,10H2,1H3. The molecule has 0 bridgehead atoms. The van der Waals surface area contributed by atoms with Gasteiger partial charge in [0.2, 0.25) is 0 Å². The van der Waals surface area contributed by atoms with Crippen LogP contribution in [-0.4, -0.2) is 25.2 Å². The zero-order valence-corrected chi connectivity index (χ0v) is 11.0. The fourth-order valence-corrected chi connectivity index (χ4v) is 2.89. The summed E-state index contributed by atoms with van der Waals surface area (Å²) in [5, 5.41) is 7.32. The number of Topliss-reactive ketones (excluding diaryl/α,β-unsaturated/α-hetero) is 1. The van der Waals surface area contributed by atoms with Crippen LogP contribution in [0.4, 0.5) is 0 Å². The summed E-state index contributed by atoms with van der Waals surface area (Å²) in [6.45, 7) is 1.40. The van der Waals surface area contributed by atoms with E-state index in [0.29, 0.717) is 5.56 Å². The van der Waals surface area contributed by atoms with Crippen LogP contribution < -0.4 is 0 Å². The van der Waals surface area contributed by atoms with Gasteiger partial charge < -0.3 is 0 Å². The first-order valence-corrected chi connectivity index (χ1v) is 7.38. The van der Waals surface area contributed by atoms with Crippen LogP contribution in [0, 0.1) is 11.3 Å². The van der Waals surface area contributed by atoms with Crippen molar-refractivity contribution in [2.75, 3.05) is 5.75 Å². The molecule has 1 atom stereocenters. The van der Waals surface area contributed by atoms with E-state index in [2.05, 4.69) is 0 Å². The summed E-state index contributed by atoms with van der Waals surface area (Å²) in [6, 6.07) is 10.3. The minimum Gasteiger partial charge on any atom is -0.293 e. The van der Waals surface area contributed by atoms with Gasteiger partial charge in [-0.2, -0.15) is 5.26 Å². The van der Waals surface area contributed by atoms with E-state index in [1.165, 1.54) is 6.92 Å². The molecule has 0 aromatic heterocycles. The van der Waals surface area contributed by atoms with Crippen molar-refractivity contribution < 1.29 is 13.2 Å². The van der Waals surface area contributed by atoms with Crippen LogP contribution in [-0.2, 0) is 9.84 Å². The molecule has 1 rings (SSSR count). The molecule has 5 heteroatoms. The lowest BCUT2D eigenvalue weighted by Gasteiger charge is -2.11. The number of rotatable bonds is 6. The molecule has 4 nitrogen and oxygen atoms in total. The third-order valence-corrected chi connectivity index (χ3v) is 4.83. The molecule has 0 saturated carbocycles. The van der Waals surface area contributed by atoms with Crippen molar-refractivity contribution in [1.82, 2.24) is 0 Å². The molecule has 0 aliphatic heterocycles. The summed E-state index contributed by atoms with van der Waals surface area (Å²) in [4.78, 5) is 12.0. The first kappa shape index (κ1) is 14.4. The molecule has 0 spiro atoms. The van der Waals surface area contributed by atoms with Crippen molar-refractivity contribution in [2.45, 2.75) is 25.0 Å². The average Bonchev–Trinajstić information content (AvgIpc) is 2.38. The molecule has 96 valence electrons. The lowest BCUT2D eigenvalue weighted by molar-refractivity contribution is 0.0991. The molecule has 0 saturated heterocycles. The van der Waals surface area contributed by atoms with E-state index in [0.717, 1.165) is 0 Å². The van der Waals surface area contributed by atoms with Gasteiger partial charge in [0, 0.05) is 12.0 Å². The summed E-state index contributed by atoms with van der Waals surface area (Å²) in [5.74, 6) is -0.520. The summed E-state index contributed by atoms with van der Waals surface area (Å²) in [5.41, 5.74) is 0.397. The molecule has 0 heterocycles. The Morgan fingerprint density at radius 1 is 1.33 bits per heavy atom. The van der Waals surface area contributed by atoms with Gasteiger partial charge >= 0.3 is 0 Å². The number of carbonyl (C=O) groups excluding carboxylic acids is 1. The molecule has 0 amide bonds. The highest BCUT2D eigenvalue weighted by atomic mass is 32.2. The monoisotopic (exact) mass is 265 g/mol. The molecule has 0 fully saturated rings. The Morgan fingerprint density at radius 2 is 1.94 bits per heavy atom. The minimum absolute atomic E-state index is 0.125. The van der Waals surface area contributed by atoms with Crippen molar-refractivity contribution in [3.63, 3.8) is 0 Å². The van der Waals surface area contributed by atoms with Crippen LogP contribution >= 0.6 is 0 Å². The number of hydrogen-bond acceptors (Lipinski definition) is 4. The highest BCUT2D eigenvalue weighted by Crippen LogP contribution is 2.12. The molecule has 0 radical (unpaired) electrons. The quantitative estimate of drug-likeness (QED) is 0.582. The van der Waals surface area contributed by atoms with E-state index < -0.39 is 20.9 Å². The number of benzene rings is 1. The normalized spacial score (nSPS) is 12.7. The largest absolute Gasteiger partial charge is 0.293 e. The zero-order chi connectivity index (χ0) is 13.6. The number of nitriles is 1. The molecule has 0 N–H and O–H groups in total. The van der Waals surface area contributed by atoms with Crippen LogP contribution in [0.3, 0.4) is 0 Å². The summed E-state index contributed by atoms with van der Waals surface area (Å²) in [6.07, 6.45) is 0.455. The van der Waals surface area contributed by atoms with Crippen LogP contribution in [0.1, 0.15) is 30.1 Å². The Bertz CT molecular complexity index is 543. The predicted molar refractivity (Wildman–Crippen MR) is 68.9 cm³/mol. The minimum atomic E-state index is -3.48. The van der Waals surface area contributed by atoms with E-state index in [9.17, 15) is 13.2 Å². The maximum absolute atomic E-state index is 12.0. The number of ketones is 1. The lowest BCUT2D eigenvalue weighted by Crippen LogP contribution is -2.29. The fraction of sp³-hybridized carbons (Fsp3) is 0.385. The van der Waals surface area contributed by atoms with Gasteiger partial charge in [0.1, 0.15) is 5.25 Å². The topological polar surface area (TPSA) is 75.0 Å². The molecule has 18 heavy (non-hydrogen) atoms. The fourth-order valence-electron chi connectivity index (χ4n) is 1.53. The van der Waals surface area contributed by atoms with E-state index in [1.807, 2.05) is 6.07 Å². The molecular formula is C13H15NO3S. The Kier molecular flexibility index (Phi) is 5.05. The molecule has 0 aliphatic carbocycles. The molecular weight excluding hydrogens is 250 g/mol. The van der Waals surface area contributed by atoms with Gasteiger partial charge in [0.15, 0.2) is 15.6 Å². The third kappa shape index (κ3) is 3.67. The van der Waals surface area contributed by atoms with Gasteiger partial charge in [0.25, 0.3) is 0 Å². The van der Waals surface area contributed by atoms with E-state index in [1.54, 1.807) is 30.3 Å². The number of sulfone groups is 1. The molecule has 1 unspecified atom stereocenters. The number of nitrogens with zero attached hydrogens (tertiary/aromatic N) is 1. The maximum atomic E-state index is 12.0. The van der Waals surface area contributed by atoms with Gasteiger partial charge in [-0.25, -0.2) is 8.42 Å². The number of hydrogen-bond donors (Lipinski definition) is 0. The average molecular weight is 265 g/mol. The second-order valence-electron chi connectivity index (χ2n) is 4.00. The maximum Gasteiger partial charge on any atom is 0.180 e. The van der Waals surface area contributed by atoms with Crippen LogP contribution in [0.5, 0.6) is 0 Å². The third-order valence-electron chi connectivity index (χ3n) is 2.68. The molecule has 1 aromatic rings. The van der Waals surface area contributed by atoms with Crippen molar-refractivity contribution in [1.29, 1.82) is 5.26 Å². The van der Waals surface area contributed by atoms with Crippen molar-refractivity contribution in [3.8, 4) is 6.07 Å². The summed E-state index contributed by atoms with van der Waals surface area (Å²) < 4.78 is 23.8. The van der Waals surface area contributed by atoms with Crippen LogP contribution in [0.2, 0.25) is 0 Å². The van der Waals surface area contributed by atoms with Crippen molar-refractivity contribution in [3.05, 3.63) is 35.9 Å². The van der Waals surface area contributed by atoms with E-state index in [4.69, 9.17) is 5.26 Å². The Morgan fingerprint density at radius 3 is 2.50 bits per heavy atom. The molecule has 0 aliphatic rings. The Hall–Kier alpha value is -1.67. The van der Waals surface area contributed by atoms with Gasteiger partial charge in [0.05, 0.1) is 11.8 Å². The Balaban J connectivity index is 2.78.